The fraction of sp³-hybridized carbons (Fsp3) is 0.346. The van der Waals surface area contributed by atoms with E-state index in [2.05, 4.69) is 30.0 Å². The van der Waals surface area contributed by atoms with Gasteiger partial charge in [0, 0.05) is 44.0 Å². The van der Waals surface area contributed by atoms with Crippen molar-refractivity contribution in [2.75, 3.05) is 44.2 Å². The third-order valence-electron chi connectivity index (χ3n) is 6.46. The van der Waals surface area contributed by atoms with Crippen molar-refractivity contribution in [1.82, 2.24) is 25.1 Å². The third-order valence-corrected chi connectivity index (χ3v) is 6.46. The molecule has 35 heavy (non-hydrogen) atoms. The number of anilines is 1. The highest BCUT2D eigenvalue weighted by Gasteiger charge is 2.20. The second-order valence-corrected chi connectivity index (χ2v) is 8.81. The summed E-state index contributed by atoms with van der Waals surface area (Å²) in [6, 6.07) is 10.8. The zero-order chi connectivity index (χ0) is 24.4. The molecule has 2 N–H and O–H groups in total. The first-order valence-electron chi connectivity index (χ1n) is 12.0. The van der Waals surface area contributed by atoms with Gasteiger partial charge in [-0.05, 0) is 36.2 Å². The van der Waals surface area contributed by atoms with Crippen molar-refractivity contribution in [3.05, 3.63) is 59.8 Å². The molecule has 9 heteroatoms. The highest BCUT2D eigenvalue weighted by atomic mass is 19.1. The fourth-order valence-corrected chi connectivity index (χ4v) is 4.61. The van der Waals surface area contributed by atoms with Gasteiger partial charge in [0.2, 0.25) is 0 Å². The maximum Gasteiger partial charge on any atom is 0.165 e. The largest absolute Gasteiger partial charge is 0.395 e. The summed E-state index contributed by atoms with van der Waals surface area (Å²) in [4.78, 5) is 13.2. The number of aryl methyl sites for hydroxylation is 1. The smallest absolute Gasteiger partial charge is 0.165 e. The van der Waals surface area contributed by atoms with Crippen LogP contribution in [-0.4, -0.2) is 69.5 Å². The topological polar surface area (TPSA) is 81.2 Å². The Labute approximate surface area is 202 Å². The summed E-state index contributed by atoms with van der Waals surface area (Å²) in [6.45, 7) is 6.48. The van der Waals surface area contributed by atoms with E-state index in [0.29, 0.717) is 35.3 Å². The van der Waals surface area contributed by atoms with Crippen LogP contribution in [0.2, 0.25) is 0 Å². The lowest BCUT2D eigenvalue weighted by Crippen LogP contribution is -2.47. The molecular weight excluding hydrogens is 450 g/mol. The maximum atomic E-state index is 14.8. The van der Waals surface area contributed by atoms with Gasteiger partial charge >= 0.3 is 0 Å². The normalized spacial score (nSPS) is 14.7. The van der Waals surface area contributed by atoms with Gasteiger partial charge in [0.15, 0.2) is 5.82 Å². The Morgan fingerprint density at radius 2 is 1.74 bits per heavy atom. The molecule has 0 atom stereocenters. The van der Waals surface area contributed by atoms with E-state index >= 15 is 0 Å². The van der Waals surface area contributed by atoms with Crippen molar-refractivity contribution in [3.63, 3.8) is 0 Å². The number of halogens is 2. The van der Waals surface area contributed by atoms with E-state index in [4.69, 9.17) is 5.11 Å². The van der Waals surface area contributed by atoms with Crippen molar-refractivity contribution >= 4 is 16.7 Å². The summed E-state index contributed by atoms with van der Waals surface area (Å²) < 4.78 is 29.6. The van der Waals surface area contributed by atoms with Gasteiger partial charge < -0.3 is 10.0 Å². The molecule has 1 saturated heterocycles. The summed E-state index contributed by atoms with van der Waals surface area (Å²) in [5, 5.41) is 16.4. The van der Waals surface area contributed by atoms with Crippen molar-refractivity contribution in [3.8, 4) is 22.6 Å². The minimum absolute atomic E-state index is 0.00410. The average molecular weight is 479 g/mol. The molecule has 0 spiro atoms. The predicted octanol–water partition coefficient (Wildman–Crippen LogP) is 4.03. The molecule has 182 valence electrons. The van der Waals surface area contributed by atoms with E-state index in [0.717, 1.165) is 43.9 Å². The molecular formula is C26H28F2N6O. The van der Waals surface area contributed by atoms with Gasteiger partial charge in [-0.25, -0.2) is 18.7 Å². The highest BCUT2D eigenvalue weighted by molar-refractivity contribution is 5.90. The van der Waals surface area contributed by atoms with Crippen LogP contribution in [0.25, 0.3) is 33.7 Å². The van der Waals surface area contributed by atoms with Gasteiger partial charge in [-0.15, -0.1) is 0 Å². The van der Waals surface area contributed by atoms with Crippen molar-refractivity contribution in [2.24, 2.45) is 0 Å². The minimum atomic E-state index is -0.665. The second-order valence-electron chi connectivity index (χ2n) is 8.81. The molecule has 1 aliphatic rings. The van der Waals surface area contributed by atoms with Crippen LogP contribution in [0.3, 0.4) is 0 Å². The number of fused-ring (bicyclic) bond motifs is 1. The number of hydrogen-bond donors (Lipinski definition) is 2. The van der Waals surface area contributed by atoms with Crippen LogP contribution >= 0.6 is 0 Å². The zero-order valence-electron chi connectivity index (χ0n) is 19.6. The van der Waals surface area contributed by atoms with E-state index in [1.807, 2.05) is 31.2 Å². The van der Waals surface area contributed by atoms with Crippen LogP contribution in [0.4, 0.5) is 14.5 Å². The molecule has 2 aromatic heterocycles. The van der Waals surface area contributed by atoms with Gasteiger partial charge in [-0.2, -0.15) is 5.10 Å². The van der Waals surface area contributed by atoms with E-state index in [-0.39, 0.29) is 18.0 Å². The van der Waals surface area contributed by atoms with Crippen molar-refractivity contribution in [1.29, 1.82) is 0 Å². The third kappa shape index (κ3) is 4.74. The summed E-state index contributed by atoms with van der Waals surface area (Å²) in [6.07, 6.45) is 2.92. The quantitative estimate of drug-likeness (QED) is 0.418. The second kappa shape index (κ2) is 10.1. The van der Waals surface area contributed by atoms with E-state index in [1.54, 1.807) is 0 Å². The molecule has 0 aliphatic carbocycles. The van der Waals surface area contributed by atoms with Gasteiger partial charge in [0.05, 0.1) is 18.4 Å². The Morgan fingerprint density at radius 1 is 1.03 bits per heavy atom. The first kappa shape index (κ1) is 23.3. The monoisotopic (exact) mass is 478 g/mol. The van der Waals surface area contributed by atoms with Crippen molar-refractivity contribution < 1.29 is 13.9 Å². The van der Waals surface area contributed by atoms with E-state index in [9.17, 15) is 8.78 Å². The first-order chi connectivity index (χ1) is 17.1. The minimum Gasteiger partial charge on any atom is -0.395 e. The Morgan fingerprint density at radius 3 is 2.40 bits per heavy atom. The summed E-state index contributed by atoms with van der Waals surface area (Å²) in [5.74, 6) is -1.34. The molecule has 4 aromatic rings. The molecule has 2 aromatic carbocycles. The van der Waals surface area contributed by atoms with Crippen LogP contribution in [0.1, 0.15) is 18.9 Å². The number of rotatable bonds is 7. The van der Waals surface area contributed by atoms with Gasteiger partial charge in [-0.3, -0.25) is 10.00 Å². The predicted molar refractivity (Wildman–Crippen MR) is 132 cm³/mol. The summed E-state index contributed by atoms with van der Waals surface area (Å²) in [7, 11) is 0. The first-order valence-corrected chi connectivity index (χ1v) is 12.0. The SMILES string of the molecule is CCCc1cc(F)c(-c2ncc3[nH]nc(-c4ccc(N5CCN(CCO)CC5)cc4)c3n2)c(F)c1. The number of aromatic nitrogens is 4. The number of nitrogens with zero attached hydrogens (tertiary/aromatic N) is 5. The van der Waals surface area contributed by atoms with Crippen LogP contribution < -0.4 is 4.90 Å². The number of hydrogen-bond acceptors (Lipinski definition) is 6. The number of aromatic amines is 1. The summed E-state index contributed by atoms with van der Waals surface area (Å²) >= 11 is 0. The lowest BCUT2D eigenvalue weighted by atomic mass is 10.1. The Hall–Kier alpha value is -3.43. The molecule has 7 nitrogen and oxygen atoms in total. The number of benzene rings is 2. The molecule has 0 saturated carbocycles. The average Bonchev–Trinajstić information content (AvgIpc) is 3.28. The van der Waals surface area contributed by atoms with Crippen LogP contribution in [0.15, 0.2) is 42.6 Å². The molecule has 0 radical (unpaired) electrons. The highest BCUT2D eigenvalue weighted by Crippen LogP contribution is 2.30. The maximum absolute atomic E-state index is 14.8. The molecule has 1 aliphatic heterocycles. The van der Waals surface area contributed by atoms with Crippen LogP contribution in [0, 0.1) is 11.6 Å². The Kier molecular flexibility index (Phi) is 6.70. The molecule has 0 unspecified atom stereocenters. The number of β-amino-alcohol motifs (C(OH)–C–C–N with tert-alkyl or cyclic N) is 1. The number of nitrogens with one attached hydrogen (secondary N) is 1. The lowest BCUT2D eigenvalue weighted by Gasteiger charge is -2.35. The van der Waals surface area contributed by atoms with Gasteiger partial charge in [-0.1, -0.05) is 25.5 Å². The van der Waals surface area contributed by atoms with Crippen LogP contribution in [0.5, 0.6) is 0 Å². The molecule has 0 bridgehead atoms. The van der Waals surface area contributed by atoms with Crippen LogP contribution in [-0.2, 0) is 6.42 Å². The Balaban J connectivity index is 1.42. The van der Waals surface area contributed by atoms with E-state index < -0.39 is 11.6 Å². The fourth-order valence-electron chi connectivity index (χ4n) is 4.61. The zero-order valence-corrected chi connectivity index (χ0v) is 19.6. The van der Waals surface area contributed by atoms with Crippen molar-refractivity contribution in [2.45, 2.75) is 19.8 Å². The van der Waals surface area contributed by atoms with Gasteiger partial charge in [0.25, 0.3) is 0 Å². The molecule has 0 amide bonds. The number of aliphatic hydroxyl groups excluding tert-OH is 1. The summed E-state index contributed by atoms with van der Waals surface area (Å²) in [5.41, 5.74) is 4.06. The molecule has 1 fully saturated rings. The molecule has 5 rings (SSSR count). The van der Waals surface area contributed by atoms with E-state index in [1.165, 1.54) is 18.3 Å². The lowest BCUT2D eigenvalue weighted by molar-refractivity contribution is 0.189. The number of H-pyrrole nitrogens is 1. The number of piperazine rings is 1. The Bertz CT molecular complexity index is 1290. The van der Waals surface area contributed by atoms with Gasteiger partial charge in [0.1, 0.15) is 28.4 Å². The standard InChI is InChI=1S/C26H28F2N6O/c1-2-3-17-14-20(27)23(21(28)15-17)26-29-16-22-25(30-26)24(32-31-22)18-4-6-19(7-5-18)34-10-8-33(9-11-34)12-13-35/h4-7,14-16,35H,2-3,8-13H2,1H3,(H,31,32). The molecule has 3 heterocycles. The number of aliphatic hydroxyl groups is 1.